The maximum atomic E-state index is 12.6. The van der Waals surface area contributed by atoms with Gasteiger partial charge in [0.1, 0.15) is 17.8 Å². The van der Waals surface area contributed by atoms with Crippen LogP contribution in [0, 0.1) is 0 Å². The predicted molar refractivity (Wildman–Crippen MR) is 167 cm³/mol. The van der Waals surface area contributed by atoms with Crippen LogP contribution in [0.4, 0.5) is 0 Å². The van der Waals surface area contributed by atoms with Crippen LogP contribution in [-0.4, -0.2) is 98.9 Å². The van der Waals surface area contributed by atoms with E-state index in [0.717, 1.165) is 0 Å². The molecule has 4 aromatic rings. The van der Waals surface area contributed by atoms with Gasteiger partial charge in [-0.25, -0.2) is 0 Å². The lowest BCUT2D eigenvalue weighted by molar-refractivity contribution is -0.108. The van der Waals surface area contributed by atoms with Crippen molar-refractivity contribution in [3.63, 3.8) is 0 Å². The molecule has 0 bridgehead atoms. The molecule has 0 atom stereocenters. The van der Waals surface area contributed by atoms with E-state index in [1.165, 1.54) is 33.6 Å². The second-order valence-corrected chi connectivity index (χ2v) is 10.5. The molecule has 13 nitrogen and oxygen atoms in total. The van der Waals surface area contributed by atoms with Crippen molar-refractivity contribution in [2.24, 2.45) is 0 Å². The van der Waals surface area contributed by atoms with Crippen molar-refractivity contribution < 1.29 is 33.3 Å². The highest BCUT2D eigenvalue weighted by atomic mass is 16.7. The van der Waals surface area contributed by atoms with Crippen LogP contribution < -0.4 is 20.6 Å². The van der Waals surface area contributed by atoms with Crippen molar-refractivity contribution in [3.8, 4) is 11.5 Å². The second-order valence-electron chi connectivity index (χ2n) is 10.5. The van der Waals surface area contributed by atoms with E-state index in [-0.39, 0.29) is 30.5 Å². The Morgan fingerprint density at radius 2 is 1.22 bits per heavy atom. The molecule has 0 spiro atoms. The first-order valence-corrected chi connectivity index (χ1v) is 14.0. The number of methoxy groups -OCH3 is 2. The number of fused-ring (bicyclic) bond motifs is 2. The van der Waals surface area contributed by atoms with Gasteiger partial charge in [0.05, 0.1) is 62.7 Å². The Bertz CT molecular complexity index is 1850. The van der Waals surface area contributed by atoms with Crippen molar-refractivity contribution in [2.75, 3.05) is 55.6 Å². The van der Waals surface area contributed by atoms with Crippen molar-refractivity contribution in [2.45, 2.75) is 19.4 Å². The predicted octanol–water partition coefficient (Wildman–Crippen LogP) is 2.00. The summed E-state index contributed by atoms with van der Waals surface area (Å²) in [5.74, 6) is 0.678. The van der Waals surface area contributed by atoms with Crippen LogP contribution >= 0.6 is 0 Å². The van der Waals surface area contributed by atoms with Gasteiger partial charge in [-0.15, -0.1) is 0 Å². The summed E-state index contributed by atoms with van der Waals surface area (Å²) < 4.78 is 24.2. The molecule has 5 rings (SSSR count). The molecule has 1 saturated heterocycles. The topological polar surface area (TPSA) is 139 Å². The summed E-state index contributed by atoms with van der Waals surface area (Å²) in [7, 11) is 9.62. The van der Waals surface area contributed by atoms with E-state index in [4.69, 9.17) is 18.9 Å². The van der Waals surface area contributed by atoms with E-state index in [2.05, 4.69) is 0 Å². The van der Waals surface area contributed by atoms with Crippen LogP contribution in [0.2, 0.25) is 0 Å². The minimum absolute atomic E-state index is 0.0705. The highest BCUT2D eigenvalue weighted by Crippen LogP contribution is 2.25. The van der Waals surface area contributed by atoms with Crippen LogP contribution in [0.3, 0.4) is 0 Å². The fourth-order valence-electron chi connectivity index (χ4n) is 4.92. The molecular formula is C32H36N4O9. The molecule has 238 valence electrons. The third-order valence-corrected chi connectivity index (χ3v) is 7.19. The summed E-state index contributed by atoms with van der Waals surface area (Å²) in [6, 6.07) is 13.0. The molecule has 2 amide bonds. The molecule has 3 heterocycles. The van der Waals surface area contributed by atoms with Crippen molar-refractivity contribution in [3.05, 3.63) is 80.4 Å². The third-order valence-electron chi connectivity index (χ3n) is 7.19. The third kappa shape index (κ3) is 7.05. The van der Waals surface area contributed by atoms with Crippen LogP contribution in [0.5, 0.6) is 11.5 Å². The Morgan fingerprint density at radius 1 is 0.778 bits per heavy atom. The normalized spacial score (nSPS) is 12.8. The zero-order valence-corrected chi connectivity index (χ0v) is 26.1. The van der Waals surface area contributed by atoms with Crippen LogP contribution in [-0.2, 0) is 27.4 Å². The fraction of sp³-hybridized carbons (Fsp3) is 0.344. The van der Waals surface area contributed by atoms with Gasteiger partial charge in [0.2, 0.25) is 0 Å². The summed E-state index contributed by atoms with van der Waals surface area (Å²) in [5.41, 5.74) is 1.12. The standard InChI is InChI=1S/C17H20N2O5.C15H16N2O4/c1-18(2)17(21)13-9-15(20)19(10-16-23-6-7-24-16)14-8-11(22-3)4-5-12(13)14;1-16(2)15(20)12-9-14(19)17(6-7-18)13-8-10(21-3)4-5-11(12)13/h4-5,8-9,16H,6-7,10H2,1-3H3;4-5,7-9H,6H2,1-3H3. The Kier molecular flexibility index (Phi) is 10.4. The van der Waals surface area contributed by atoms with Gasteiger partial charge in [-0.05, 0) is 24.3 Å². The SMILES string of the molecule is COc1ccc2c(C(=O)N(C)C)cc(=O)n(CC3OCCO3)c2c1.COc1ccc2c(C(=O)N(C)C)cc(=O)n(CC=O)c2c1. The van der Waals surface area contributed by atoms with Gasteiger partial charge in [-0.1, -0.05) is 0 Å². The first-order chi connectivity index (χ1) is 21.5. The van der Waals surface area contributed by atoms with Crippen molar-refractivity contribution >= 4 is 39.9 Å². The van der Waals surface area contributed by atoms with Gasteiger partial charge in [0, 0.05) is 63.2 Å². The Labute approximate surface area is 259 Å². The van der Waals surface area contributed by atoms with Gasteiger partial charge in [-0.3, -0.25) is 19.2 Å². The summed E-state index contributed by atoms with van der Waals surface area (Å²) in [4.78, 5) is 63.0. The van der Waals surface area contributed by atoms with Gasteiger partial charge < -0.3 is 42.7 Å². The monoisotopic (exact) mass is 620 g/mol. The highest BCUT2D eigenvalue weighted by Gasteiger charge is 2.22. The second kappa shape index (κ2) is 14.2. The number of nitrogens with zero attached hydrogens (tertiary/aromatic N) is 4. The van der Waals surface area contributed by atoms with E-state index in [0.29, 0.717) is 63.9 Å². The zero-order chi connectivity index (χ0) is 32.8. The molecule has 0 aliphatic carbocycles. The molecule has 1 aliphatic heterocycles. The average Bonchev–Trinajstić information content (AvgIpc) is 3.55. The maximum Gasteiger partial charge on any atom is 0.254 e. The minimum Gasteiger partial charge on any atom is -0.497 e. The van der Waals surface area contributed by atoms with E-state index in [1.54, 1.807) is 76.3 Å². The maximum absolute atomic E-state index is 12.6. The Balaban J connectivity index is 0.000000207. The molecule has 1 aliphatic rings. The number of rotatable bonds is 8. The molecule has 0 saturated carbocycles. The molecule has 0 radical (unpaired) electrons. The molecule has 2 aromatic carbocycles. The molecule has 1 fully saturated rings. The van der Waals surface area contributed by atoms with Gasteiger partial charge in [0.15, 0.2) is 6.29 Å². The largest absolute Gasteiger partial charge is 0.497 e. The number of amides is 2. The summed E-state index contributed by atoms with van der Waals surface area (Å²) in [6.07, 6.45) is 0.181. The molecule has 13 heteroatoms. The van der Waals surface area contributed by atoms with Gasteiger partial charge in [-0.2, -0.15) is 0 Å². The van der Waals surface area contributed by atoms with Crippen LogP contribution in [0.25, 0.3) is 21.8 Å². The van der Waals surface area contributed by atoms with Crippen LogP contribution in [0.1, 0.15) is 20.7 Å². The first kappa shape index (κ1) is 32.9. The number of carbonyl (C=O) groups is 3. The van der Waals surface area contributed by atoms with Crippen molar-refractivity contribution in [1.82, 2.24) is 18.9 Å². The zero-order valence-electron chi connectivity index (χ0n) is 26.1. The van der Waals surface area contributed by atoms with Crippen molar-refractivity contribution in [1.29, 1.82) is 0 Å². The van der Waals surface area contributed by atoms with Gasteiger partial charge >= 0.3 is 0 Å². The van der Waals surface area contributed by atoms with Gasteiger partial charge in [0.25, 0.3) is 22.9 Å². The number of carbonyl (C=O) groups excluding carboxylic acids is 3. The average molecular weight is 621 g/mol. The quantitative estimate of drug-likeness (QED) is 0.271. The number of benzene rings is 2. The fourth-order valence-corrected chi connectivity index (χ4v) is 4.92. The molecule has 0 N–H and O–H groups in total. The number of aromatic nitrogens is 2. The van der Waals surface area contributed by atoms with Crippen LogP contribution in [0.15, 0.2) is 58.1 Å². The molecule has 0 unspecified atom stereocenters. The lowest BCUT2D eigenvalue weighted by atomic mass is 10.1. The molecule has 45 heavy (non-hydrogen) atoms. The molecule has 2 aromatic heterocycles. The lowest BCUT2D eigenvalue weighted by Crippen LogP contribution is -2.30. The smallest absolute Gasteiger partial charge is 0.254 e. The first-order valence-electron chi connectivity index (χ1n) is 14.0. The number of pyridine rings is 2. The van der Waals surface area contributed by atoms with E-state index in [1.807, 2.05) is 0 Å². The van der Waals surface area contributed by atoms with E-state index >= 15 is 0 Å². The number of hydrogen-bond donors (Lipinski definition) is 0. The summed E-state index contributed by atoms with van der Waals surface area (Å²) >= 11 is 0. The highest BCUT2D eigenvalue weighted by molar-refractivity contribution is 6.07. The number of ether oxygens (including phenoxy) is 4. The number of hydrogen-bond acceptors (Lipinski definition) is 9. The Morgan fingerprint density at radius 3 is 1.64 bits per heavy atom. The number of aldehydes is 1. The minimum atomic E-state index is -0.465. The Hall–Kier alpha value is -5.01. The summed E-state index contributed by atoms with van der Waals surface area (Å²) in [5, 5.41) is 1.29. The van der Waals surface area contributed by atoms with E-state index in [9.17, 15) is 24.0 Å². The summed E-state index contributed by atoms with van der Waals surface area (Å²) in [6.45, 7) is 1.22. The molecular weight excluding hydrogens is 584 g/mol. The lowest BCUT2D eigenvalue weighted by Gasteiger charge is -2.18. The van der Waals surface area contributed by atoms with E-state index < -0.39 is 11.8 Å².